The first-order valence-electron chi connectivity index (χ1n) is 7.45. The van der Waals surface area contributed by atoms with E-state index in [2.05, 4.69) is 5.16 Å². The SMILES string of the molecule is CCO[SiH](OCC)OCC.COC1=NOc2ccccc2C1. The molecule has 0 radical (unpaired) electrons. The van der Waals surface area contributed by atoms with Crippen molar-refractivity contribution in [2.75, 3.05) is 26.9 Å². The number of hydrogen-bond acceptors (Lipinski definition) is 6. The Kier molecular flexibility index (Phi) is 9.48. The van der Waals surface area contributed by atoms with Gasteiger partial charge in [0.05, 0.1) is 13.5 Å². The second-order valence-electron chi connectivity index (χ2n) is 4.22. The molecule has 0 aromatic heterocycles. The molecule has 1 aromatic carbocycles. The molecule has 0 amide bonds. The van der Waals surface area contributed by atoms with Crippen LogP contribution in [0.15, 0.2) is 29.4 Å². The molecule has 6 nitrogen and oxygen atoms in total. The molecule has 0 spiro atoms. The molecule has 2 rings (SSSR count). The van der Waals surface area contributed by atoms with Crippen molar-refractivity contribution in [3.05, 3.63) is 29.8 Å². The number of methoxy groups -OCH3 is 1. The van der Waals surface area contributed by atoms with E-state index < -0.39 is 9.53 Å². The predicted octanol–water partition coefficient (Wildman–Crippen LogP) is 2.39. The topological polar surface area (TPSA) is 58.5 Å². The monoisotopic (exact) mass is 327 g/mol. The van der Waals surface area contributed by atoms with Gasteiger partial charge in [-0.25, -0.2) is 0 Å². The molecule has 0 bridgehead atoms. The Morgan fingerprint density at radius 2 is 1.64 bits per heavy atom. The van der Waals surface area contributed by atoms with Gasteiger partial charge >= 0.3 is 9.53 Å². The molecule has 1 heterocycles. The standard InChI is InChI=1S/C9H9NO2.C6H16O3Si/c1-11-9-6-7-4-2-3-5-8(7)12-10-9;1-4-7-10(8-5-2)9-6-3/h2-5H,6H2,1H3;10H,4-6H2,1-3H3. The van der Waals surface area contributed by atoms with E-state index in [4.69, 9.17) is 22.9 Å². The zero-order chi connectivity index (χ0) is 16.2. The molecule has 0 saturated carbocycles. The van der Waals surface area contributed by atoms with Gasteiger partial charge in [0.15, 0.2) is 5.75 Å². The van der Waals surface area contributed by atoms with E-state index in [9.17, 15) is 0 Å². The third-order valence-corrected chi connectivity index (χ3v) is 4.52. The van der Waals surface area contributed by atoms with Crippen LogP contribution in [-0.2, 0) is 24.4 Å². The number of hydrogen-bond donors (Lipinski definition) is 0. The maximum Gasteiger partial charge on any atom is 0.484 e. The third kappa shape index (κ3) is 6.57. The average molecular weight is 327 g/mol. The lowest BCUT2D eigenvalue weighted by Gasteiger charge is -2.13. The first-order chi connectivity index (χ1) is 10.7. The van der Waals surface area contributed by atoms with Gasteiger partial charge in [-0.05, 0) is 32.0 Å². The minimum atomic E-state index is -1.73. The first-order valence-corrected chi connectivity index (χ1v) is 8.87. The van der Waals surface area contributed by atoms with Crippen molar-refractivity contribution < 1.29 is 22.9 Å². The lowest BCUT2D eigenvalue weighted by atomic mass is 10.1. The van der Waals surface area contributed by atoms with Crippen molar-refractivity contribution in [1.29, 1.82) is 0 Å². The van der Waals surface area contributed by atoms with Crippen molar-refractivity contribution in [2.24, 2.45) is 5.16 Å². The number of oxime groups is 1. The molecule has 0 fully saturated rings. The van der Waals surface area contributed by atoms with E-state index in [1.165, 1.54) is 0 Å². The van der Waals surface area contributed by atoms with Gasteiger partial charge in [-0.2, -0.15) is 0 Å². The number of rotatable bonds is 6. The van der Waals surface area contributed by atoms with E-state index in [0.717, 1.165) is 11.3 Å². The molecule has 0 unspecified atom stereocenters. The average Bonchev–Trinajstić information content (AvgIpc) is 2.56. The van der Waals surface area contributed by atoms with Crippen LogP contribution in [0, 0.1) is 0 Å². The quantitative estimate of drug-likeness (QED) is 0.751. The van der Waals surface area contributed by atoms with Crippen molar-refractivity contribution in [2.45, 2.75) is 27.2 Å². The highest BCUT2D eigenvalue weighted by Gasteiger charge is 2.13. The minimum Gasteiger partial charge on any atom is -0.482 e. The molecular weight excluding hydrogens is 302 g/mol. The number of para-hydroxylation sites is 1. The summed E-state index contributed by atoms with van der Waals surface area (Å²) >= 11 is 0. The molecular formula is C15H25NO5Si. The Morgan fingerprint density at radius 1 is 1.05 bits per heavy atom. The van der Waals surface area contributed by atoms with E-state index >= 15 is 0 Å². The van der Waals surface area contributed by atoms with Crippen LogP contribution in [0.3, 0.4) is 0 Å². The molecule has 0 saturated heterocycles. The first kappa shape index (κ1) is 18.6. The summed E-state index contributed by atoms with van der Waals surface area (Å²) in [7, 11) is -0.140. The van der Waals surface area contributed by atoms with Gasteiger partial charge in [0.25, 0.3) is 0 Å². The van der Waals surface area contributed by atoms with Crippen molar-refractivity contribution in [3.8, 4) is 5.75 Å². The van der Waals surface area contributed by atoms with Crippen LogP contribution in [0.4, 0.5) is 0 Å². The van der Waals surface area contributed by atoms with Crippen molar-refractivity contribution in [1.82, 2.24) is 0 Å². The summed E-state index contributed by atoms with van der Waals surface area (Å²) < 4.78 is 20.6. The summed E-state index contributed by atoms with van der Waals surface area (Å²) in [4.78, 5) is 5.09. The maximum atomic E-state index is 5.22. The van der Waals surface area contributed by atoms with Crippen molar-refractivity contribution in [3.63, 3.8) is 0 Å². The fourth-order valence-electron chi connectivity index (χ4n) is 1.70. The Bertz CT molecular complexity index is 441. The summed E-state index contributed by atoms with van der Waals surface area (Å²) in [6.07, 6.45) is 0.715. The molecule has 124 valence electrons. The number of fused-ring (bicyclic) bond motifs is 1. The van der Waals surface area contributed by atoms with Gasteiger partial charge in [-0.1, -0.05) is 18.2 Å². The molecule has 7 heteroatoms. The third-order valence-electron chi connectivity index (χ3n) is 2.70. The smallest absolute Gasteiger partial charge is 0.482 e. The summed E-state index contributed by atoms with van der Waals surface area (Å²) in [5.41, 5.74) is 1.12. The zero-order valence-electron chi connectivity index (χ0n) is 13.7. The predicted molar refractivity (Wildman–Crippen MR) is 87.2 cm³/mol. The van der Waals surface area contributed by atoms with Gasteiger partial charge < -0.3 is 22.9 Å². The van der Waals surface area contributed by atoms with E-state index in [-0.39, 0.29) is 0 Å². The zero-order valence-corrected chi connectivity index (χ0v) is 14.9. The molecule has 1 aliphatic heterocycles. The summed E-state index contributed by atoms with van der Waals surface area (Å²) in [6, 6.07) is 7.79. The fourth-order valence-corrected chi connectivity index (χ4v) is 2.80. The number of benzene rings is 1. The molecule has 0 aliphatic carbocycles. The van der Waals surface area contributed by atoms with Gasteiger partial charge in [0.2, 0.25) is 5.90 Å². The highest BCUT2D eigenvalue weighted by molar-refractivity contribution is 6.36. The fraction of sp³-hybridized carbons (Fsp3) is 0.533. The highest BCUT2D eigenvalue weighted by Crippen LogP contribution is 2.22. The van der Waals surface area contributed by atoms with Crippen molar-refractivity contribution >= 4 is 15.4 Å². The Balaban J connectivity index is 0.000000225. The van der Waals surface area contributed by atoms with Crippen LogP contribution in [0.5, 0.6) is 5.75 Å². The Hall–Kier alpha value is -1.41. The second-order valence-corrected chi connectivity index (χ2v) is 5.80. The van der Waals surface area contributed by atoms with E-state index in [1.807, 2.05) is 45.0 Å². The van der Waals surface area contributed by atoms with Gasteiger partial charge in [-0.15, -0.1) is 0 Å². The molecule has 1 aromatic rings. The Morgan fingerprint density at radius 3 is 2.18 bits per heavy atom. The largest absolute Gasteiger partial charge is 0.484 e. The normalized spacial score (nSPS) is 12.7. The lowest BCUT2D eigenvalue weighted by Crippen LogP contribution is -2.27. The lowest BCUT2D eigenvalue weighted by molar-refractivity contribution is 0.107. The van der Waals surface area contributed by atoms with Crippen LogP contribution in [0.1, 0.15) is 26.3 Å². The van der Waals surface area contributed by atoms with Crippen LogP contribution >= 0.6 is 0 Å². The molecule has 1 aliphatic rings. The number of nitrogens with zero attached hydrogens (tertiary/aromatic N) is 1. The molecule has 22 heavy (non-hydrogen) atoms. The Labute approximate surface area is 133 Å². The summed E-state index contributed by atoms with van der Waals surface area (Å²) in [5.74, 6) is 1.44. The molecule has 0 N–H and O–H groups in total. The summed E-state index contributed by atoms with van der Waals surface area (Å²) in [6.45, 7) is 7.86. The maximum absolute atomic E-state index is 5.22. The van der Waals surface area contributed by atoms with Gasteiger partial charge in [-0.3, -0.25) is 0 Å². The van der Waals surface area contributed by atoms with Gasteiger partial charge in [0, 0.05) is 25.4 Å². The van der Waals surface area contributed by atoms with Crippen LogP contribution in [0.2, 0.25) is 0 Å². The summed E-state index contributed by atoms with van der Waals surface area (Å²) in [5, 5.41) is 3.78. The van der Waals surface area contributed by atoms with Crippen LogP contribution in [0.25, 0.3) is 0 Å². The van der Waals surface area contributed by atoms with E-state index in [0.29, 0.717) is 32.1 Å². The highest BCUT2D eigenvalue weighted by atomic mass is 28.3. The molecule has 0 atom stereocenters. The van der Waals surface area contributed by atoms with E-state index in [1.54, 1.807) is 7.11 Å². The second kappa shape index (κ2) is 11.2. The van der Waals surface area contributed by atoms with Crippen LogP contribution in [-0.4, -0.2) is 42.4 Å². The minimum absolute atomic E-state index is 0.619. The number of ether oxygens (including phenoxy) is 1. The van der Waals surface area contributed by atoms with Crippen LogP contribution < -0.4 is 4.84 Å². The van der Waals surface area contributed by atoms with Gasteiger partial charge in [0.1, 0.15) is 0 Å².